The zero-order valence-electron chi connectivity index (χ0n) is 21.5. The van der Waals surface area contributed by atoms with Crippen molar-refractivity contribution in [2.45, 2.75) is 69.3 Å². The quantitative estimate of drug-likeness (QED) is 0.315. The maximum Gasteiger partial charge on any atom is 0.316 e. The second kappa shape index (κ2) is 11.5. The van der Waals surface area contributed by atoms with Crippen molar-refractivity contribution in [3.8, 4) is 0 Å². The van der Waals surface area contributed by atoms with Gasteiger partial charge in [-0.25, -0.2) is 0 Å². The molecule has 7 heteroatoms. The molecule has 2 bridgehead atoms. The lowest BCUT2D eigenvalue weighted by molar-refractivity contribution is -0.167. The van der Waals surface area contributed by atoms with Crippen LogP contribution < -0.4 is 5.32 Å². The minimum absolute atomic E-state index is 0.0235. The summed E-state index contributed by atoms with van der Waals surface area (Å²) in [5.74, 6) is 0.287. The Morgan fingerprint density at radius 1 is 1.11 bits per heavy atom. The lowest BCUT2D eigenvalue weighted by Gasteiger charge is -2.45. The van der Waals surface area contributed by atoms with Crippen molar-refractivity contribution in [1.82, 2.24) is 15.2 Å². The molecule has 4 fully saturated rings. The number of carbonyl (C=O) groups is 3. The molecule has 1 atom stereocenters. The second-order valence-electron chi connectivity index (χ2n) is 10.9. The van der Waals surface area contributed by atoms with E-state index in [4.69, 9.17) is 4.74 Å². The van der Waals surface area contributed by atoms with Crippen molar-refractivity contribution in [2.24, 2.45) is 5.92 Å². The van der Waals surface area contributed by atoms with Crippen LogP contribution in [-0.4, -0.2) is 60.3 Å². The highest BCUT2D eigenvalue weighted by Crippen LogP contribution is 2.42. The molecule has 6 rings (SSSR count). The van der Waals surface area contributed by atoms with Gasteiger partial charge in [0.2, 0.25) is 0 Å². The molecule has 4 heterocycles. The monoisotopic (exact) mass is 503 g/mol. The van der Waals surface area contributed by atoms with Crippen molar-refractivity contribution in [3.05, 3.63) is 65.0 Å². The van der Waals surface area contributed by atoms with E-state index in [1.54, 1.807) is 6.07 Å². The fourth-order valence-electron chi connectivity index (χ4n) is 6.29. The molecule has 1 aromatic heterocycles. The summed E-state index contributed by atoms with van der Waals surface area (Å²) in [5.41, 5.74) is 2.45. The molecule has 196 valence electrons. The number of amides is 1. The van der Waals surface area contributed by atoms with E-state index in [2.05, 4.69) is 39.5 Å². The number of pyridine rings is 1. The molecule has 1 amide bonds. The number of aryl methyl sites for hydroxylation is 1. The molecule has 4 aliphatic rings. The van der Waals surface area contributed by atoms with Gasteiger partial charge in [0, 0.05) is 19.3 Å². The Bertz CT molecular complexity index is 1100. The second-order valence-corrected chi connectivity index (χ2v) is 10.9. The predicted molar refractivity (Wildman–Crippen MR) is 141 cm³/mol. The first-order valence-electron chi connectivity index (χ1n) is 13.8. The maximum atomic E-state index is 13.8. The van der Waals surface area contributed by atoms with Gasteiger partial charge in [-0.3, -0.25) is 24.3 Å². The van der Waals surface area contributed by atoms with Crippen LogP contribution in [0.15, 0.2) is 42.6 Å². The van der Waals surface area contributed by atoms with Gasteiger partial charge in [-0.2, -0.15) is 0 Å². The third-order valence-corrected chi connectivity index (χ3v) is 8.53. The van der Waals surface area contributed by atoms with Gasteiger partial charge in [0.25, 0.3) is 5.91 Å². The number of ether oxygens (including phenoxy) is 1. The molecule has 37 heavy (non-hydrogen) atoms. The van der Waals surface area contributed by atoms with Crippen molar-refractivity contribution in [1.29, 1.82) is 0 Å². The minimum atomic E-state index is -0.546. The van der Waals surface area contributed by atoms with Gasteiger partial charge >= 0.3 is 5.97 Å². The van der Waals surface area contributed by atoms with Crippen LogP contribution in [0.1, 0.15) is 83.3 Å². The van der Waals surface area contributed by atoms with Gasteiger partial charge < -0.3 is 10.1 Å². The van der Waals surface area contributed by atoms with Crippen molar-refractivity contribution in [3.63, 3.8) is 0 Å². The molecule has 7 nitrogen and oxygen atoms in total. The lowest BCUT2D eigenvalue weighted by atomic mass is 9.69. The molecule has 0 spiro atoms. The van der Waals surface area contributed by atoms with Crippen molar-refractivity contribution < 1.29 is 19.1 Å². The van der Waals surface area contributed by atoms with Gasteiger partial charge in [0.1, 0.15) is 11.8 Å². The molecular formula is C30H37N3O4. The first-order valence-corrected chi connectivity index (χ1v) is 13.8. The number of rotatable bonds is 9. The third kappa shape index (κ3) is 5.77. The fourth-order valence-corrected chi connectivity index (χ4v) is 6.29. The molecule has 3 aliphatic heterocycles. The van der Waals surface area contributed by atoms with Gasteiger partial charge in [0.05, 0.1) is 11.0 Å². The SMILES string of the molecule is O=Cc1ccc(C(=O)NCCCc2cccc(C3(C(=O)OC4CN5CCC4CC5)CCCCC3)c2)cn1. The van der Waals surface area contributed by atoms with Crippen molar-refractivity contribution in [2.75, 3.05) is 26.2 Å². The molecule has 1 aromatic carbocycles. The van der Waals surface area contributed by atoms with Gasteiger partial charge in [0.15, 0.2) is 6.29 Å². The van der Waals surface area contributed by atoms with E-state index in [9.17, 15) is 14.4 Å². The number of piperidine rings is 3. The van der Waals surface area contributed by atoms with E-state index in [1.165, 1.54) is 24.2 Å². The van der Waals surface area contributed by atoms with Crippen LogP contribution in [0.3, 0.4) is 0 Å². The Morgan fingerprint density at radius 3 is 2.59 bits per heavy atom. The van der Waals surface area contributed by atoms with E-state index >= 15 is 0 Å². The fraction of sp³-hybridized carbons (Fsp3) is 0.533. The molecule has 1 saturated carbocycles. The highest BCUT2D eigenvalue weighted by atomic mass is 16.5. The van der Waals surface area contributed by atoms with Crippen LogP contribution in [0.25, 0.3) is 0 Å². The Labute approximate surface area is 219 Å². The van der Waals surface area contributed by atoms with Gasteiger partial charge in [-0.1, -0.05) is 43.5 Å². The number of fused-ring (bicyclic) bond motifs is 3. The topological polar surface area (TPSA) is 88.6 Å². The summed E-state index contributed by atoms with van der Waals surface area (Å²) in [5, 5.41) is 2.92. The summed E-state index contributed by atoms with van der Waals surface area (Å²) < 4.78 is 6.29. The number of aromatic nitrogens is 1. The number of hydrogen-bond acceptors (Lipinski definition) is 6. The zero-order chi connectivity index (χ0) is 25.7. The third-order valence-electron chi connectivity index (χ3n) is 8.53. The summed E-state index contributed by atoms with van der Waals surface area (Å²) >= 11 is 0. The van der Waals surface area contributed by atoms with Crippen LogP contribution in [0.4, 0.5) is 0 Å². The van der Waals surface area contributed by atoms with E-state index in [0.29, 0.717) is 30.0 Å². The lowest BCUT2D eigenvalue weighted by Crippen LogP contribution is -2.53. The molecule has 3 saturated heterocycles. The number of nitrogens with one attached hydrogen (secondary N) is 1. The largest absolute Gasteiger partial charge is 0.460 e. The van der Waals surface area contributed by atoms with Crippen LogP contribution in [0, 0.1) is 5.92 Å². The maximum absolute atomic E-state index is 13.8. The highest BCUT2D eigenvalue weighted by Gasteiger charge is 2.45. The Balaban J connectivity index is 1.20. The zero-order valence-corrected chi connectivity index (χ0v) is 21.5. The standard InChI is InChI=1S/C30H37N3O4/c34-21-26-10-9-24(19-32-26)28(35)31-15-5-7-22-6-4-8-25(18-22)30(13-2-1-3-14-30)29(36)37-27-20-33-16-11-23(27)12-17-33/h4,6,8-10,18-19,21,23,27H,1-3,5,7,11-17,20H2,(H,31,35). The smallest absolute Gasteiger partial charge is 0.316 e. The van der Waals surface area contributed by atoms with Crippen LogP contribution in [0.2, 0.25) is 0 Å². The van der Waals surface area contributed by atoms with Crippen LogP contribution in [-0.2, 0) is 21.4 Å². The average Bonchev–Trinajstić information content (AvgIpc) is 2.96. The minimum Gasteiger partial charge on any atom is -0.460 e. The predicted octanol–water partition coefficient (Wildman–Crippen LogP) is 4.10. The molecule has 2 aromatic rings. The summed E-state index contributed by atoms with van der Waals surface area (Å²) in [6, 6.07) is 11.6. The number of benzene rings is 1. The normalized spacial score (nSPS) is 24.3. The Kier molecular flexibility index (Phi) is 7.99. The summed E-state index contributed by atoms with van der Waals surface area (Å²) in [6.45, 7) is 3.69. The molecule has 1 aliphatic carbocycles. The first-order chi connectivity index (χ1) is 18.1. The Morgan fingerprint density at radius 2 is 1.92 bits per heavy atom. The number of aldehydes is 1. The van der Waals surface area contributed by atoms with E-state index in [1.807, 2.05) is 0 Å². The number of carbonyl (C=O) groups excluding carboxylic acids is 3. The Hall–Kier alpha value is -3.06. The van der Waals surface area contributed by atoms with E-state index in [-0.39, 0.29) is 18.0 Å². The first kappa shape index (κ1) is 25.6. The molecule has 1 unspecified atom stereocenters. The van der Waals surface area contributed by atoms with E-state index < -0.39 is 5.41 Å². The van der Waals surface area contributed by atoms with Gasteiger partial charge in [-0.15, -0.1) is 0 Å². The number of hydrogen-bond donors (Lipinski definition) is 1. The molecule has 0 radical (unpaired) electrons. The van der Waals surface area contributed by atoms with E-state index in [0.717, 1.165) is 76.6 Å². The average molecular weight is 504 g/mol. The summed E-state index contributed by atoms with van der Waals surface area (Å²) in [7, 11) is 0. The molecule has 1 N–H and O–H groups in total. The summed E-state index contributed by atoms with van der Waals surface area (Å²) in [4.78, 5) is 43.2. The highest BCUT2D eigenvalue weighted by molar-refractivity contribution is 5.94. The van der Waals surface area contributed by atoms with Crippen molar-refractivity contribution >= 4 is 18.2 Å². The number of nitrogens with zero attached hydrogens (tertiary/aromatic N) is 2. The number of esters is 1. The van der Waals surface area contributed by atoms with Gasteiger partial charge in [-0.05, 0) is 80.8 Å². The van der Waals surface area contributed by atoms with Crippen LogP contribution in [0.5, 0.6) is 0 Å². The summed E-state index contributed by atoms with van der Waals surface area (Å²) in [6.07, 6.45) is 10.9. The molecular weight excluding hydrogens is 466 g/mol. The van der Waals surface area contributed by atoms with Crippen LogP contribution >= 0.6 is 0 Å².